The van der Waals surface area contributed by atoms with Gasteiger partial charge < -0.3 is 20.6 Å². The Balaban J connectivity index is 2.83. The van der Waals surface area contributed by atoms with Crippen LogP contribution >= 0.6 is 11.3 Å². The van der Waals surface area contributed by atoms with Crippen molar-refractivity contribution in [1.82, 2.24) is 10.8 Å². The monoisotopic (exact) mass is 356 g/mol. The largest absolute Gasteiger partial charge is 0.444 e. The molecule has 0 bridgehead atoms. The van der Waals surface area contributed by atoms with E-state index in [2.05, 4.69) is 15.6 Å². The summed E-state index contributed by atoms with van der Waals surface area (Å²) >= 11 is 1.12. The average Bonchev–Trinajstić information content (AvgIpc) is 2.89. The maximum atomic E-state index is 11.8. The topological polar surface area (TPSA) is 144 Å². The van der Waals surface area contributed by atoms with E-state index in [1.54, 1.807) is 26.2 Å². The van der Waals surface area contributed by atoms with Crippen molar-refractivity contribution in [2.45, 2.75) is 39.3 Å². The fourth-order valence-electron chi connectivity index (χ4n) is 1.52. The molecule has 0 spiro atoms. The first-order valence-electron chi connectivity index (χ1n) is 6.89. The van der Waals surface area contributed by atoms with E-state index in [9.17, 15) is 14.4 Å². The van der Waals surface area contributed by atoms with Gasteiger partial charge in [-0.2, -0.15) is 0 Å². The van der Waals surface area contributed by atoms with Crippen LogP contribution in [0.25, 0.3) is 0 Å². The molecule has 1 unspecified atom stereocenters. The number of nitrogens with two attached hydrogens (primary N) is 1. The standard InChI is InChI=1S/C14H20N4O5S/c1-7(19)23-18-11(15)8-5-9(24-6-8)10(12(16)20)17-13(21)22-14(2,3)4/h5-6,10H,1-4H3,(H2,15,18)(H2,16,20)(H,17,21). The Bertz CT molecular complexity index is 650. The summed E-state index contributed by atoms with van der Waals surface area (Å²) in [5.74, 6) is -1.54. The summed E-state index contributed by atoms with van der Waals surface area (Å²) < 4.78 is 5.09. The predicted octanol–water partition coefficient (Wildman–Crippen LogP) is 1.19. The molecular weight excluding hydrogens is 336 g/mol. The minimum atomic E-state index is -1.10. The van der Waals surface area contributed by atoms with E-state index >= 15 is 0 Å². The lowest BCUT2D eigenvalue weighted by atomic mass is 10.2. The van der Waals surface area contributed by atoms with E-state index < -0.39 is 29.6 Å². The highest BCUT2D eigenvalue weighted by atomic mass is 32.1. The first-order valence-corrected chi connectivity index (χ1v) is 7.77. The van der Waals surface area contributed by atoms with Gasteiger partial charge in [-0.05, 0) is 26.8 Å². The summed E-state index contributed by atoms with van der Waals surface area (Å²) in [6.07, 6.45) is -0.783. The second-order valence-corrected chi connectivity index (χ2v) is 6.73. The van der Waals surface area contributed by atoms with Crippen LogP contribution in [-0.4, -0.2) is 29.4 Å². The summed E-state index contributed by atoms with van der Waals surface area (Å²) in [4.78, 5) is 39.1. The van der Waals surface area contributed by atoms with Gasteiger partial charge in [-0.3, -0.25) is 15.0 Å². The van der Waals surface area contributed by atoms with Crippen molar-refractivity contribution >= 4 is 35.1 Å². The molecule has 1 heterocycles. The number of ether oxygens (including phenoxy) is 1. The van der Waals surface area contributed by atoms with Gasteiger partial charge in [0.15, 0.2) is 5.84 Å². The van der Waals surface area contributed by atoms with Crippen LogP contribution < -0.4 is 16.5 Å². The minimum absolute atomic E-state index is 0.173. The molecule has 0 aliphatic rings. The molecule has 1 rings (SSSR count). The van der Waals surface area contributed by atoms with E-state index in [0.29, 0.717) is 10.4 Å². The number of nitrogens with one attached hydrogen (secondary N) is 3. The number of thiophene rings is 1. The molecule has 1 aromatic rings. The van der Waals surface area contributed by atoms with Gasteiger partial charge in [0.1, 0.15) is 11.6 Å². The maximum Gasteiger partial charge on any atom is 0.408 e. The van der Waals surface area contributed by atoms with Crippen LogP contribution in [0, 0.1) is 5.41 Å². The Kier molecular flexibility index (Phi) is 6.29. The number of alkyl carbamates (subject to hydrolysis) is 1. The van der Waals surface area contributed by atoms with Crippen molar-refractivity contribution in [2.75, 3.05) is 0 Å². The molecule has 9 nitrogen and oxygen atoms in total. The summed E-state index contributed by atoms with van der Waals surface area (Å²) in [5, 5.41) is 11.7. The molecule has 2 amide bonds. The van der Waals surface area contributed by atoms with E-state index in [0.717, 1.165) is 11.3 Å². The number of hydrogen-bond acceptors (Lipinski definition) is 7. The fourth-order valence-corrected chi connectivity index (χ4v) is 2.48. The highest BCUT2D eigenvalue weighted by molar-refractivity contribution is 7.10. The molecule has 24 heavy (non-hydrogen) atoms. The third-order valence-electron chi connectivity index (χ3n) is 2.44. The van der Waals surface area contributed by atoms with Crippen molar-refractivity contribution in [2.24, 2.45) is 5.73 Å². The number of amidine groups is 1. The van der Waals surface area contributed by atoms with E-state index in [4.69, 9.17) is 15.9 Å². The zero-order valence-electron chi connectivity index (χ0n) is 13.8. The van der Waals surface area contributed by atoms with Crippen molar-refractivity contribution < 1.29 is 24.0 Å². The molecule has 0 fully saturated rings. The van der Waals surface area contributed by atoms with Crippen LogP contribution in [0.3, 0.4) is 0 Å². The van der Waals surface area contributed by atoms with Crippen molar-refractivity contribution in [3.05, 3.63) is 21.9 Å². The molecular formula is C14H20N4O5S. The molecule has 0 saturated heterocycles. The molecule has 0 radical (unpaired) electrons. The molecule has 0 aliphatic heterocycles. The highest BCUT2D eigenvalue weighted by Crippen LogP contribution is 2.23. The third-order valence-corrected chi connectivity index (χ3v) is 3.43. The zero-order valence-corrected chi connectivity index (χ0v) is 14.6. The average molecular weight is 356 g/mol. The molecule has 0 saturated carbocycles. The lowest BCUT2D eigenvalue weighted by Gasteiger charge is -2.21. The van der Waals surface area contributed by atoms with Crippen LogP contribution in [-0.2, 0) is 19.2 Å². The number of rotatable bonds is 4. The molecule has 132 valence electrons. The first kappa shape index (κ1) is 19.4. The molecule has 10 heteroatoms. The Morgan fingerprint density at radius 1 is 1.33 bits per heavy atom. The maximum absolute atomic E-state index is 11.8. The molecule has 0 aromatic carbocycles. The number of carbonyl (C=O) groups is 3. The van der Waals surface area contributed by atoms with Crippen LogP contribution in [0.1, 0.15) is 44.2 Å². The van der Waals surface area contributed by atoms with Crippen molar-refractivity contribution in [3.63, 3.8) is 0 Å². The second-order valence-electron chi connectivity index (χ2n) is 5.79. The normalized spacial score (nSPS) is 12.0. The minimum Gasteiger partial charge on any atom is -0.444 e. The molecule has 1 aromatic heterocycles. The Morgan fingerprint density at radius 2 is 1.96 bits per heavy atom. The van der Waals surface area contributed by atoms with Crippen LogP contribution in [0.15, 0.2) is 11.4 Å². The van der Waals surface area contributed by atoms with Crippen LogP contribution in [0.2, 0.25) is 0 Å². The van der Waals surface area contributed by atoms with E-state index in [1.807, 2.05) is 0 Å². The van der Waals surface area contributed by atoms with Gasteiger partial charge in [0.2, 0.25) is 5.91 Å². The van der Waals surface area contributed by atoms with Gasteiger partial charge in [0, 0.05) is 22.7 Å². The van der Waals surface area contributed by atoms with Crippen LogP contribution in [0.4, 0.5) is 4.79 Å². The summed E-state index contributed by atoms with van der Waals surface area (Å²) in [7, 11) is 0. The predicted molar refractivity (Wildman–Crippen MR) is 87.4 cm³/mol. The summed E-state index contributed by atoms with van der Waals surface area (Å²) in [6, 6.07) is 0.385. The highest BCUT2D eigenvalue weighted by Gasteiger charge is 2.25. The number of amides is 2. The molecule has 5 N–H and O–H groups in total. The number of hydroxylamine groups is 1. The van der Waals surface area contributed by atoms with Crippen molar-refractivity contribution in [3.8, 4) is 0 Å². The summed E-state index contributed by atoms with van der Waals surface area (Å²) in [5.41, 5.74) is 7.14. The quantitative estimate of drug-likeness (QED) is 0.362. The molecule has 1 atom stereocenters. The van der Waals surface area contributed by atoms with Gasteiger partial charge in [-0.25, -0.2) is 10.3 Å². The third kappa shape index (κ3) is 6.24. The Morgan fingerprint density at radius 3 is 2.46 bits per heavy atom. The lowest BCUT2D eigenvalue weighted by molar-refractivity contribution is -0.145. The van der Waals surface area contributed by atoms with Gasteiger partial charge in [0.25, 0.3) is 0 Å². The van der Waals surface area contributed by atoms with Crippen LogP contribution in [0.5, 0.6) is 0 Å². The smallest absolute Gasteiger partial charge is 0.408 e. The second kappa shape index (κ2) is 7.77. The van der Waals surface area contributed by atoms with E-state index in [-0.39, 0.29) is 5.84 Å². The number of carbonyl (C=O) groups excluding carboxylic acids is 3. The summed E-state index contributed by atoms with van der Waals surface area (Å²) in [6.45, 7) is 6.26. The lowest BCUT2D eigenvalue weighted by Crippen LogP contribution is -2.40. The Hall–Kier alpha value is -2.62. The zero-order chi connectivity index (χ0) is 18.5. The first-order chi connectivity index (χ1) is 11.0. The van der Waals surface area contributed by atoms with Gasteiger partial charge >= 0.3 is 12.1 Å². The number of hydrogen-bond donors (Lipinski definition) is 4. The Labute approximate surface area is 143 Å². The molecule has 0 aliphatic carbocycles. The van der Waals surface area contributed by atoms with Gasteiger partial charge in [-0.15, -0.1) is 11.3 Å². The SMILES string of the molecule is CC(=O)ONC(=N)c1csc(C(NC(=O)OC(C)(C)C)C(N)=O)c1. The van der Waals surface area contributed by atoms with Crippen molar-refractivity contribution in [1.29, 1.82) is 5.41 Å². The van der Waals surface area contributed by atoms with Gasteiger partial charge in [-0.1, -0.05) is 0 Å². The number of primary amides is 1. The van der Waals surface area contributed by atoms with E-state index in [1.165, 1.54) is 13.0 Å². The van der Waals surface area contributed by atoms with Gasteiger partial charge in [0.05, 0.1) is 0 Å². The fraction of sp³-hybridized carbons (Fsp3) is 0.429.